The lowest BCUT2D eigenvalue weighted by Crippen LogP contribution is -2.59. The summed E-state index contributed by atoms with van der Waals surface area (Å²) in [7, 11) is -2.96. The molecule has 2 amide bonds. The highest BCUT2D eigenvalue weighted by molar-refractivity contribution is 7.92. The van der Waals surface area contributed by atoms with Crippen LogP contribution in [-0.2, 0) is 9.84 Å². The van der Waals surface area contributed by atoms with Crippen LogP contribution < -0.4 is 16.0 Å². The predicted octanol–water partition coefficient (Wildman–Crippen LogP) is -1.17. The van der Waals surface area contributed by atoms with Crippen molar-refractivity contribution in [3.63, 3.8) is 0 Å². The van der Waals surface area contributed by atoms with E-state index in [0.29, 0.717) is 12.8 Å². The lowest BCUT2D eigenvalue weighted by molar-refractivity contribution is 0.231. The molecular formula is C9H17N3O3S. The maximum atomic E-state index is 11.5. The third-order valence-electron chi connectivity index (χ3n) is 3.07. The zero-order chi connectivity index (χ0) is 11.6. The zero-order valence-electron chi connectivity index (χ0n) is 9.03. The van der Waals surface area contributed by atoms with E-state index in [2.05, 4.69) is 16.0 Å². The SMILES string of the molecule is O=C(NCC1CCCS1(=O)=O)NC1CNC1. The lowest BCUT2D eigenvalue weighted by Gasteiger charge is -2.28. The van der Waals surface area contributed by atoms with E-state index in [-0.39, 0.29) is 24.4 Å². The van der Waals surface area contributed by atoms with Crippen LogP contribution in [-0.4, -0.2) is 51.1 Å². The van der Waals surface area contributed by atoms with Crippen molar-refractivity contribution in [2.24, 2.45) is 0 Å². The topological polar surface area (TPSA) is 87.3 Å². The first kappa shape index (κ1) is 11.7. The minimum absolute atomic E-state index is 0.181. The fraction of sp³-hybridized carbons (Fsp3) is 0.889. The number of amides is 2. The van der Waals surface area contributed by atoms with Crippen LogP contribution >= 0.6 is 0 Å². The molecule has 0 aromatic heterocycles. The average molecular weight is 247 g/mol. The monoisotopic (exact) mass is 247 g/mol. The average Bonchev–Trinajstić information content (AvgIpc) is 2.48. The quantitative estimate of drug-likeness (QED) is 0.587. The molecule has 3 N–H and O–H groups in total. The van der Waals surface area contributed by atoms with Gasteiger partial charge in [-0.15, -0.1) is 0 Å². The van der Waals surface area contributed by atoms with E-state index in [9.17, 15) is 13.2 Å². The number of hydrogen-bond donors (Lipinski definition) is 3. The highest BCUT2D eigenvalue weighted by atomic mass is 32.2. The van der Waals surface area contributed by atoms with E-state index in [4.69, 9.17) is 0 Å². The number of sulfone groups is 1. The largest absolute Gasteiger partial charge is 0.337 e. The Morgan fingerprint density at radius 2 is 2.12 bits per heavy atom. The van der Waals surface area contributed by atoms with Gasteiger partial charge in [0.2, 0.25) is 0 Å². The van der Waals surface area contributed by atoms with Crippen LogP contribution in [0.5, 0.6) is 0 Å². The summed E-state index contributed by atoms with van der Waals surface area (Å²) < 4.78 is 23.0. The van der Waals surface area contributed by atoms with Gasteiger partial charge in [0, 0.05) is 19.6 Å². The van der Waals surface area contributed by atoms with Gasteiger partial charge < -0.3 is 16.0 Å². The van der Waals surface area contributed by atoms with E-state index in [1.54, 1.807) is 0 Å². The first-order valence-electron chi connectivity index (χ1n) is 5.54. The van der Waals surface area contributed by atoms with Gasteiger partial charge in [-0.1, -0.05) is 0 Å². The Morgan fingerprint density at radius 1 is 1.38 bits per heavy atom. The van der Waals surface area contributed by atoms with Crippen LogP contribution in [0.1, 0.15) is 12.8 Å². The molecule has 1 unspecified atom stereocenters. The van der Waals surface area contributed by atoms with Gasteiger partial charge in [-0.2, -0.15) is 0 Å². The fourth-order valence-corrected chi connectivity index (χ4v) is 3.69. The Balaban J connectivity index is 1.72. The van der Waals surface area contributed by atoms with E-state index in [1.807, 2.05) is 0 Å². The van der Waals surface area contributed by atoms with Crippen molar-refractivity contribution in [1.29, 1.82) is 0 Å². The van der Waals surface area contributed by atoms with Gasteiger partial charge in [-0.25, -0.2) is 13.2 Å². The zero-order valence-corrected chi connectivity index (χ0v) is 9.85. The molecule has 6 nitrogen and oxygen atoms in total. The van der Waals surface area contributed by atoms with Crippen LogP contribution in [0.25, 0.3) is 0 Å². The summed E-state index contributed by atoms with van der Waals surface area (Å²) >= 11 is 0. The maximum absolute atomic E-state index is 11.5. The molecule has 0 saturated carbocycles. The van der Waals surface area contributed by atoms with E-state index in [1.165, 1.54) is 0 Å². The van der Waals surface area contributed by atoms with E-state index in [0.717, 1.165) is 13.1 Å². The van der Waals surface area contributed by atoms with Crippen molar-refractivity contribution in [2.75, 3.05) is 25.4 Å². The molecular weight excluding hydrogens is 230 g/mol. The van der Waals surface area contributed by atoms with Gasteiger partial charge in [0.1, 0.15) is 0 Å². The summed E-state index contributed by atoms with van der Waals surface area (Å²) in [6.07, 6.45) is 1.37. The molecule has 2 rings (SSSR count). The summed E-state index contributed by atoms with van der Waals surface area (Å²) in [6, 6.07) is -0.0891. The van der Waals surface area contributed by atoms with Crippen molar-refractivity contribution in [1.82, 2.24) is 16.0 Å². The maximum Gasteiger partial charge on any atom is 0.315 e. The Kier molecular flexibility index (Phi) is 3.34. The predicted molar refractivity (Wildman–Crippen MR) is 60.0 cm³/mol. The van der Waals surface area contributed by atoms with E-state index >= 15 is 0 Å². The first-order chi connectivity index (χ1) is 7.58. The van der Waals surface area contributed by atoms with Gasteiger partial charge >= 0.3 is 6.03 Å². The minimum Gasteiger partial charge on any atom is -0.337 e. The third-order valence-corrected chi connectivity index (χ3v) is 5.35. The second-order valence-electron chi connectivity index (χ2n) is 4.34. The van der Waals surface area contributed by atoms with E-state index < -0.39 is 15.1 Å². The summed E-state index contributed by atoms with van der Waals surface area (Å²) in [5.41, 5.74) is 0. The smallest absolute Gasteiger partial charge is 0.315 e. The second kappa shape index (κ2) is 4.58. The van der Waals surface area contributed by atoms with Crippen LogP contribution in [0.15, 0.2) is 0 Å². The summed E-state index contributed by atoms with van der Waals surface area (Å²) in [5.74, 6) is 0.257. The van der Waals surface area contributed by atoms with Gasteiger partial charge in [-0.05, 0) is 12.8 Å². The molecule has 0 radical (unpaired) electrons. The molecule has 0 aliphatic carbocycles. The van der Waals surface area contributed by atoms with Crippen LogP contribution in [0.2, 0.25) is 0 Å². The Bertz CT molecular complexity index is 364. The van der Waals surface area contributed by atoms with Gasteiger partial charge in [0.05, 0.1) is 17.0 Å². The van der Waals surface area contributed by atoms with Crippen LogP contribution in [0.3, 0.4) is 0 Å². The number of carbonyl (C=O) groups is 1. The standard InChI is InChI=1S/C9H17N3O3S/c13-9(12-7-4-10-5-7)11-6-8-2-1-3-16(8,14)15/h7-8,10H,1-6H2,(H2,11,12,13). The molecule has 1 atom stereocenters. The normalized spacial score (nSPS) is 28.4. The minimum atomic E-state index is -2.96. The fourth-order valence-electron chi connectivity index (χ4n) is 1.92. The molecule has 2 saturated heterocycles. The molecule has 16 heavy (non-hydrogen) atoms. The number of rotatable bonds is 3. The second-order valence-corrected chi connectivity index (χ2v) is 6.74. The Morgan fingerprint density at radius 3 is 2.62 bits per heavy atom. The molecule has 0 aromatic carbocycles. The van der Waals surface area contributed by atoms with Gasteiger partial charge in [-0.3, -0.25) is 0 Å². The highest BCUT2D eigenvalue weighted by Crippen LogP contribution is 2.18. The Labute approximate surface area is 95.1 Å². The van der Waals surface area contributed by atoms with Crippen molar-refractivity contribution < 1.29 is 13.2 Å². The van der Waals surface area contributed by atoms with Crippen molar-refractivity contribution in [3.8, 4) is 0 Å². The third kappa shape index (κ3) is 2.65. The molecule has 0 spiro atoms. The summed E-state index contributed by atoms with van der Waals surface area (Å²) in [5, 5.41) is 8.03. The molecule has 2 heterocycles. The molecule has 0 bridgehead atoms. The van der Waals surface area contributed by atoms with Gasteiger partial charge in [0.15, 0.2) is 9.84 Å². The molecule has 0 aromatic rings. The van der Waals surface area contributed by atoms with Crippen molar-refractivity contribution in [3.05, 3.63) is 0 Å². The highest BCUT2D eigenvalue weighted by Gasteiger charge is 2.31. The van der Waals surface area contributed by atoms with Crippen LogP contribution in [0.4, 0.5) is 4.79 Å². The first-order valence-corrected chi connectivity index (χ1v) is 7.26. The number of urea groups is 1. The van der Waals surface area contributed by atoms with Crippen LogP contribution in [0, 0.1) is 0 Å². The Hall–Kier alpha value is -0.820. The number of carbonyl (C=O) groups excluding carboxylic acids is 1. The molecule has 2 aliphatic rings. The number of nitrogens with one attached hydrogen (secondary N) is 3. The summed E-state index contributed by atoms with van der Waals surface area (Å²) in [4.78, 5) is 11.4. The van der Waals surface area contributed by atoms with Gasteiger partial charge in [0.25, 0.3) is 0 Å². The lowest BCUT2D eigenvalue weighted by atomic mass is 10.2. The van der Waals surface area contributed by atoms with Crippen molar-refractivity contribution in [2.45, 2.75) is 24.1 Å². The molecule has 7 heteroatoms. The molecule has 92 valence electrons. The van der Waals surface area contributed by atoms with Crippen molar-refractivity contribution >= 4 is 15.9 Å². The summed E-state index contributed by atoms with van der Waals surface area (Å²) in [6.45, 7) is 1.80. The number of hydrogen-bond acceptors (Lipinski definition) is 4. The molecule has 2 aliphatic heterocycles. The molecule has 2 fully saturated rings.